The molecule has 0 radical (unpaired) electrons. The van der Waals surface area contributed by atoms with Gasteiger partial charge in [0, 0.05) is 24.2 Å². The van der Waals surface area contributed by atoms with Crippen molar-refractivity contribution in [3.05, 3.63) is 56.4 Å². The molecule has 0 aliphatic heterocycles. The molecule has 2 aliphatic carbocycles. The fraction of sp³-hybridized carbons (Fsp3) is 0.476. The van der Waals surface area contributed by atoms with Crippen LogP contribution in [0.3, 0.4) is 0 Å². The van der Waals surface area contributed by atoms with Gasteiger partial charge in [0.15, 0.2) is 0 Å². The number of nitrogens with zero attached hydrogens (tertiary/aromatic N) is 1. The molecule has 1 saturated carbocycles. The predicted octanol–water partition coefficient (Wildman–Crippen LogP) is 3.07. The van der Waals surface area contributed by atoms with Crippen molar-refractivity contribution >= 4 is 11.6 Å². The van der Waals surface area contributed by atoms with Gasteiger partial charge in [-0.25, -0.2) is 4.79 Å². The summed E-state index contributed by atoms with van der Waals surface area (Å²) >= 11 is 0. The zero-order chi connectivity index (χ0) is 19.7. The van der Waals surface area contributed by atoms with E-state index in [2.05, 4.69) is 10.3 Å². The number of carbonyl (C=O) groups is 1. The van der Waals surface area contributed by atoms with Crippen LogP contribution < -0.4 is 21.3 Å². The topological polar surface area (TPSA) is 93.2 Å². The van der Waals surface area contributed by atoms with Crippen LogP contribution in [0.5, 0.6) is 5.75 Å². The molecule has 7 heteroatoms. The highest BCUT2D eigenvalue weighted by atomic mass is 16.5. The van der Waals surface area contributed by atoms with Gasteiger partial charge in [-0.3, -0.25) is 14.2 Å². The van der Waals surface area contributed by atoms with Gasteiger partial charge in [0.2, 0.25) is 5.91 Å². The Morgan fingerprint density at radius 3 is 2.50 bits per heavy atom. The fourth-order valence-electron chi connectivity index (χ4n) is 4.31. The van der Waals surface area contributed by atoms with Crippen molar-refractivity contribution in [2.45, 2.75) is 64.0 Å². The van der Waals surface area contributed by atoms with E-state index in [4.69, 9.17) is 4.74 Å². The van der Waals surface area contributed by atoms with Crippen LogP contribution >= 0.6 is 0 Å². The summed E-state index contributed by atoms with van der Waals surface area (Å²) in [5.41, 5.74) is 1.48. The molecule has 2 aliphatic rings. The van der Waals surface area contributed by atoms with Gasteiger partial charge in [0.05, 0.1) is 5.69 Å². The molecule has 7 nitrogen and oxygen atoms in total. The van der Waals surface area contributed by atoms with E-state index in [1.807, 2.05) is 0 Å². The van der Waals surface area contributed by atoms with Crippen molar-refractivity contribution in [1.29, 1.82) is 0 Å². The lowest BCUT2D eigenvalue weighted by Crippen LogP contribution is -2.41. The number of amides is 1. The summed E-state index contributed by atoms with van der Waals surface area (Å²) in [4.78, 5) is 39.7. The van der Waals surface area contributed by atoms with Crippen molar-refractivity contribution in [3.8, 4) is 5.75 Å². The first kappa shape index (κ1) is 18.5. The Labute approximate surface area is 162 Å². The molecule has 1 amide bonds. The van der Waals surface area contributed by atoms with Gasteiger partial charge in [-0.15, -0.1) is 0 Å². The van der Waals surface area contributed by atoms with Crippen molar-refractivity contribution < 1.29 is 9.53 Å². The first-order valence-electron chi connectivity index (χ1n) is 9.95. The van der Waals surface area contributed by atoms with Crippen LogP contribution in [0.15, 0.2) is 33.9 Å². The lowest BCUT2D eigenvalue weighted by molar-refractivity contribution is -0.114. The maximum absolute atomic E-state index is 13.0. The Balaban J connectivity index is 1.57. The number of benzene rings is 1. The summed E-state index contributed by atoms with van der Waals surface area (Å²) in [6.45, 7) is 1.45. The molecule has 1 atom stereocenters. The van der Waals surface area contributed by atoms with Crippen molar-refractivity contribution in [2.75, 3.05) is 5.32 Å². The van der Waals surface area contributed by atoms with E-state index < -0.39 is 0 Å². The number of H-pyrrole nitrogens is 1. The molecule has 1 aromatic carbocycles. The number of anilines is 1. The van der Waals surface area contributed by atoms with Gasteiger partial charge in [0.25, 0.3) is 5.56 Å². The normalized spacial score (nSPS) is 19.2. The number of fused-ring (bicyclic) bond motifs is 1. The Bertz CT molecular complexity index is 984. The number of hydrogen-bond acceptors (Lipinski definition) is 4. The minimum Gasteiger partial charge on any atom is -0.484 e. The van der Waals surface area contributed by atoms with E-state index >= 15 is 0 Å². The second-order valence-electron chi connectivity index (χ2n) is 7.64. The average Bonchev–Trinajstić information content (AvgIpc) is 3.06. The number of rotatable bonds is 4. The second kappa shape index (κ2) is 7.66. The lowest BCUT2D eigenvalue weighted by Gasteiger charge is -2.23. The van der Waals surface area contributed by atoms with Crippen LogP contribution in [0.4, 0.5) is 5.69 Å². The Hall–Kier alpha value is -2.83. The number of aromatic nitrogens is 2. The van der Waals surface area contributed by atoms with E-state index in [0.29, 0.717) is 35.5 Å². The maximum Gasteiger partial charge on any atom is 0.328 e. The third-order valence-electron chi connectivity index (χ3n) is 5.63. The van der Waals surface area contributed by atoms with E-state index in [0.717, 1.165) is 25.7 Å². The summed E-state index contributed by atoms with van der Waals surface area (Å²) < 4.78 is 7.46. The number of carbonyl (C=O) groups excluding carboxylic acids is 1. The van der Waals surface area contributed by atoms with E-state index in [1.165, 1.54) is 17.9 Å². The number of nitrogens with one attached hydrogen (secondary N) is 2. The molecular weight excluding hydrogens is 358 g/mol. The lowest BCUT2D eigenvalue weighted by atomic mass is 9.95. The molecule has 28 heavy (non-hydrogen) atoms. The van der Waals surface area contributed by atoms with Crippen LogP contribution in [-0.4, -0.2) is 15.5 Å². The molecular formula is C21H25N3O4. The van der Waals surface area contributed by atoms with Crippen LogP contribution in [0, 0.1) is 0 Å². The number of ether oxygens (including phenoxy) is 1. The second-order valence-corrected chi connectivity index (χ2v) is 7.64. The van der Waals surface area contributed by atoms with E-state index in [1.54, 1.807) is 24.3 Å². The zero-order valence-corrected chi connectivity index (χ0v) is 16.0. The summed E-state index contributed by atoms with van der Waals surface area (Å²) in [5, 5.41) is 2.71. The molecule has 1 heterocycles. The monoisotopic (exact) mass is 383 g/mol. The summed E-state index contributed by atoms with van der Waals surface area (Å²) in [6.07, 6.45) is 5.99. The van der Waals surface area contributed by atoms with Crippen LogP contribution in [0.2, 0.25) is 0 Å². The van der Waals surface area contributed by atoms with Gasteiger partial charge in [-0.2, -0.15) is 0 Å². The third kappa shape index (κ3) is 3.61. The van der Waals surface area contributed by atoms with Gasteiger partial charge in [-0.05, 0) is 49.9 Å². The van der Waals surface area contributed by atoms with Crippen LogP contribution in [-0.2, 0) is 11.2 Å². The Morgan fingerprint density at radius 1 is 1.11 bits per heavy atom. The third-order valence-corrected chi connectivity index (χ3v) is 5.63. The molecule has 0 bridgehead atoms. The van der Waals surface area contributed by atoms with Crippen molar-refractivity contribution in [3.63, 3.8) is 0 Å². The minimum atomic E-state index is -0.344. The molecule has 1 unspecified atom stereocenters. The molecule has 4 rings (SSSR count). The molecule has 2 aromatic rings. The van der Waals surface area contributed by atoms with Crippen LogP contribution in [0.1, 0.15) is 68.9 Å². The van der Waals surface area contributed by atoms with Gasteiger partial charge in [-0.1, -0.05) is 19.3 Å². The number of aromatic amines is 1. The summed E-state index contributed by atoms with van der Waals surface area (Å²) in [7, 11) is 0. The SMILES string of the molecule is CC(=O)Nc1ccc(OC2CCc3c2[nH]c(=O)n(C2CCCCC2)c3=O)cc1. The molecule has 2 N–H and O–H groups in total. The molecule has 1 fully saturated rings. The maximum atomic E-state index is 13.0. The van der Waals surface area contributed by atoms with Crippen LogP contribution in [0.25, 0.3) is 0 Å². The minimum absolute atomic E-state index is 0.0107. The zero-order valence-electron chi connectivity index (χ0n) is 16.0. The summed E-state index contributed by atoms with van der Waals surface area (Å²) in [5.74, 6) is 0.495. The first-order valence-corrected chi connectivity index (χ1v) is 9.95. The molecule has 0 saturated heterocycles. The predicted molar refractivity (Wildman–Crippen MR) is 106 cm³/mol. The van der Waals surface area contributed by atoms with Crippen molar-refractivity contribution in [2.24, 2.45) is 0 Å². The largest absolute Gasteiger partial charge is 0.484 e. The smallest absolute Gasteiger partial charge is 0.328 e. The van der Waals surface area contributed by atoms with E-state index in [9.17, 15) is 14.4 Å². The average molecular weight is 383 g/mol. The highest BCUT2D eigenvalue weighted by molar-refractivity contribution is 5.88. The highest BCUT2D eigenvalue weighted by Crippen LogP contribution is 2.33. The first-order chi connectivity index (χ1) is 13.5. The fourth-order valence-corrected chi connectivity index (χ4v) is 4.31. The van der Waals surface area contributed by atoms with Gasteiger partial charge < -0.3 is 15.0 Å². The van der Waals surface area contributed by atoms with Gasteiger partial charge >= 0.3 is 5.69 Å². The standard InChI is InChI=1S/C21H25N3O4/c1-13(25)22-14-7-9-16(10-8-14)28-18-12-11-17-19(18)23-21(27)24(20(17)26)15-5-3-2-4-6-15/h7-10,15,18H,2-6,11-12H2,1H3,(H,22,25)(H,23,27). The molecule has 1 aromatic heterocycles. The van der Waals surface area contributed by atoms with Gasteiger partial charge in [0.1, 0.15) is 11.9 Å². The quantitative estimate of drug-likeness (QED) is 0.849. The molecule has 148 valence electrons. The molecule has 0 spiro atoms. The highest BCUT2D eigenvalue weighted by Gasteiger charge is 2.31. The van der Waals surface area contributed by atoms with Crippen molar-refractivity contribution in [1.82, 2.24) is 9.55 Å². The number of hydrogen-bond donors (Lipinski definition) is 2. The van der Waals surface area contributed by atoms with E-state index in [-0.39, 0.29) is 29.3 Å². The summed E-state index contributed by atoms with van der Waals surface area (Å²) in [6, 6.07) is 7.07. The Morgan fingerprint density at radius 2 is 1.82 bits per heavy atom. The Kier molecular flexibility index (Phi) is 5.07.